The fraction of sp³-hybridized carbons (Fsp3) is 0.583. The molecule has 0 N–H and O–H groups in total. The minimum Gasteiger partial charge on any atom is -0.472 e. The lowest BCUT2D eigenvalue weighted by atomic mass is 9.80. The molecule has 1 saturated carbocycles. The molecule has 0 amide bonds. The van der Waals surface area contributed by atoms with Crippen molar-refractivity contribution < 1.29 is 9.21 Å². The summed E-state index contributed by atoms with van der Waals surface area (Å²) in [5, 5.41) is 0. The van der Waals surface area contributed by atoms with E-state index in [1.165, 1.54) is 12.8 Å². The van der Waals surface area contributed by atoms with Gasteiger partial charge in [0.05, 0.1) is 11.8 Å². The van der Waals surface area contributed by atoms with Gasteiger partial charge in [-0.05, 0) is 24.8 Å². The Bertz CT molecular complexity index is 292. The largest absolute Gasteiger partial charge is 0.472 e. The molecule has 0 bridgehead atoms. The standard InChI is InChI=1S/C12H16O2/c1-9-2-4-10(5-3-9)12(13)11-6-7-14-8-11/h6-10H,2-5H2,1H3. The first-order valence-electron chi connectivity index (χ1n) is 5.34. The summed E-state index contributed by atoms with van der Waals surface area (Å²) in [7, 11) is 0. The number of furan rings is 1. The fourth-order valence-corrected chi connectivity index (χ4v) is 2.16. The topological polar surface area (TPSA) is 30.2 Å². The Morgan fingerprint density at radius 2 is 2.07 bits per heavy atom. The van der Waals surface area contributed by atoms with E-state index in [-0.39, 0.29) is 11.7 Å². The minimum absolute atomic E-state index is 0.240. The molecule has 0 aromatic carbocycles. The smallest absolute Gasteiger partial charge is 0.169 e. The number of hydrogen-bond acceptors (Lipinski definition) is 2. The molecular weight excluding hydrogens is 176 g/mol. The van der Waals surface area contributed by atoms with Gasteiger partial charge in [-0.2, -0.15) is 0 Å². The van der Waals surface area contributed by atoms with Crippen molar-refractivity contribution >= 4 is 5.78 Å². The van der Waals surface area contributed by atoms with Crippen LogP contribution in [0.1, 0.15) is 43.0 Å². The zero-order chi connectivity index (χ0) is 9.97. The first-order chi connectivity index (χ1) is 6.77. The zero-order valence-corrected chi connectivity index (χ0v) is 8.53. The van der Waals surface area contributed by atoms with Crippen LogP contribution >= 0.6 is 0 Å². The van der Waals surface area contributed by atoms with Gasteiger partial charge in [-0.1, -0.05) is 19.8 Å². The van der Waals surface area contributed by atoms with E-state index < -0.39 is 0 Å². The van der Waals surface area contributed by atoms with Crippen molar-refractivity contribution in [2.45, 2.75) is 32.6 Å². The number of hydrogen-bond donors (Lipinski definition) is 0. The first-order valence-corrected chi connectivity index (χ1v) is 5.34. The van der Waals surface area contributed by atoms with Crippen LogP contribution in [0.3, 0.4) is 0 Å². The normalized spacial score (nSPS) is 27.5. The van der Waals surface area contributed by atoms with Gasteiger partial charge in [0.15, 0.2) is 5.78 Å². The van der Waals surface area contributed by atoms with Crippen LogP contribution < -0.4 is 0 Å². The highest BCUT2D eigenvalue weighted by atomic mass is 16.3. The molecule has 14 heavy (non-hydrogen) atoms. The highest BCUT2D eigenvalue weighted by Gasteiger charge is 2.25. The van der Waals surface area contributed by atoms with E-state index in [9.17, 15) is 4.79 Å². The lowest BCUT2D eigenvalue weighted by Gasteiger charge is -2.24. The summed E-state index contributed by atoms with van der Waals surface area (Å²) in [5.74, 6) is 1.30. The van der Waals surface area contributed by atoms with Gasteiger partial charge in [-0.3, -0.25) is 4.79 Å². The van der Waals surface area contributed by atoms with Crippen LogP contribution in [-0.2, 0) is 0 Å². The molecule has 0 unspecified atom stereocenters. The third-order valence-electron chi connectivity index (χ3n) is 3.19. The highest BCUT2D eigenvalue weighted by molar-refractivity contribution is 5.97. The van der Waals surface area contributed by atoms with Crippen molar-refractivity contribution in [3.63, 3.8) is 0 Å². The third-order valence-corrected chi connectivity index (χ3v) is 3.19. The lowest BCUT2D eigenvalue weighted by Crippen LogP contribution is -2.20. The third kappa shape index (κ3) is 1.89. The van der Waals surface area contributed by atoms with Gasteiger partial charge in [0.1, 0.15) is 6.26 Å². The van der Waals surface area contributed by atoms with Crippen LogP contribution in [0.5, 0.6) is 0 Å². The second-order valence-corrected chi connectivity index (χ2v) is 4.33. The average molecular weight is 192 g/mol. The number of rotatable bonds is 2. The summed E-state index contributed by atoms with van der Waals surface area (Å²) in [4.78, 5) is 11.9. The van der Waals surface area contributed by atoms with Gasteiger partial charge in [-0.15, -0.1) is 0 Å². The molecule has 0 aliphatic heterocycles. The summed E-state index contributed by atoms with van der Waals surface area (Å²) >= 11 is 0. The van der Waals surface area contributed by atoms with Crippen molar-refractivity contribution in [2.75, 3.05) is 0 Å². The monoisotopic (exact) mass is 192 g/mol. The van der Waals surface area contributed by atoms with Crippen molar-refractivity contribution in [1.29, 1.82) is 0 Å². The SMILES string of the molecule is CC1CCC(C(=O)c2ccoc2)CC1. The fourth-order valence-electron chi connectivity index (χ4n) is 2.16. The molecule has 76 valence electrons. The van der Waals surface area contributed by atoms with Crippen LogP contribution in [0.2, 0.25) is 0 Å². The van der Waals surface area contributed by atoms with Gasteiger partial charge in [0.25, 0.3) is 0 Å². The maximum absolute atomic E-state index is 11.9. The molecular formula is C12H16O2. The predicted octanol–water partition coefficient (Wildman–Crippen LogP) is 3.29. The van der Waals surface area contributed by atoms with E-state index in [1.807, 2.05) is 0 Å². The first kappa shape index (κ1) is 9.50. The molecule has 1 aliphatic rings. The van der Waals surface area contributed by atoms with E-state index >= 15 is 0 Å². The number of carbonyl (C=O) groups is 1. The van der Waals surface area contributed by atoms with Gasteiger partial charge in [-0.25, -0.2) is 0 Å². The average Bonchev–Trinajstić information content (AvgIpc) is 2.71. The van der Waals surface area contributed by atoms with Gasteiger partial charge in [0.2, 0.25) is 0 Å². The highest BCUT2D eigenvalue weighted by Crippen LogP contribution is 2.30. The molecule has 2 rings (SSSR count). The zero-order valence-electron chi connectivity index (χ0n) is 8.53. The van der Waals surface area contributed by atoms with Crippen LogP contribution in [-0.4, -0.2) is 5.78 Å². The summed E-state index contributed by atoms with van der Waals surface area (Å²) in [5.41, 5.74) is 0.740. The van der Waals surface area contributed by atoms with E-state index in [1.54, 1.807) is 18.6 Å². The lowest BCUT2D eigenvalue weighted by molar-refractivity contribution is 0.0875. The molecule has 0 saturated heterocycles. The van der Waals surface area contributed by atoms with Crippen molar-refractivity contribution in [2.24, 2.45) is 11.8 Å². The molecule has 0 radical (unpaired) electrons. The van der Waals surface area contributed by atoms with Crippen molar-refractivity contribution in [3.8, 4) is 0 Å². The molecule has 1 aromatic rings. The Morgan fingerprint density at radius 3 is 2.64 bits per heavy atom. The van der Waals surface area contributed by atoms with Gasteiger partial charge < -0.3 is 4.42 Å². The van der Waals surface area contributed by atoms with Crippen LogP contribution in [0, 0.1) is 11.8 Å². The number of Topliss-reactive ketones (excluding diaryl/α,β-unsaturated/α-hetero) is 1. The number of ketones is 1. The maximum atomic E-state index is 11.9. The van der Waals surface area contributed by atoms with Gasteiger partial charge >= 0.3 is 0 Å². The molecule has 0 atom stereocenters. The molecule has 2 nitrogen and oxygen atoms in total. The van der Waals surface area contributed by atoms with Crippen LogP contribution in [0.25, 0.3) is 0 Å². The van der Waals surface area contributed by atoms with Crippen LogP contribution in [0.4, 0.5) is 0 Å². The molecule has 1 aliphatic carbocycles. The van der Waals surface area contributed by atoms with E-state index in [2.05, 4.69) is 6.92 Å². The molecule has 1 fully saturated rings. The Balaban J connectivity index is 1.99. The van der Waals surface area contributed by atoms with Crippen molar-refractivity contribution in [1.82, 2.24) is 0 Å². The molecule has 1 aromatic heterocycles. The van der Waals surface area contributed by atoms with Crippen molar-refractivity contribution in [3.05, 3.63) is 24.2 Å². The van der Waals surface area contributed by atoms with E-state index in [0.29, 0.717) is 0 Å². The Morgan fingerprint density at radius 1 is 1.36 bits per heavy atom. The summed E-state index contributed by atoms with van der Waals surface area (Å²) < 4.78 is 4.93. The Kier molecular flexibility index (Phi) is 2.71. The minimum atomic E-state index is 0.240. The quantitative estimate of drug-likeness (QED) is 0.673. The second kappa shape index (κ2) is 3.99. The Hall–Kier alpha value is -1.05. The summed E-state index contributed by atoms with van der Waals surface area (Å²) in [6.07, 6.45) is 7.60. The molecule has 1 heterocycles. The summed E-state index contributed by atoms with van der Waals surface area (Å²) in [6.45, 7) is 2.26. The molecule has 0 spiro atoms. The van der Waals surface area contributed by atoms with Gasteiger partial charge in [0, 0.05) is 5.92 Å². The second-order valence-electron chi connectivity index (χ2n) is 4.33. The predicted molar refractivity (Wildman–Crippen MR) is 54.2 cm³/mol. The van der Waals surface area contributed by atoms with Crippen LogP contribution in [0.15, 0.2) is 23.0 Å². The Labute approximate surface area is 84.3 Å². The summed E-state index contributed by atoms with van der Waals surface area (Å²) in [6, 6.07) is 1.76. The molecule has 2 heteroatoms. The maximum Gasteiger partial charge on any atom is 0.169 e. The number of carbonyl (C=O) groups excluding carboxylic acids is 1. The van der Waals surface area contributed by atoms with E-state index in [4.69, 9.17) is 4.42 Å². The van der Waals surface area contributed by atoms with E-state index in [0.717, 1.165) is 24.3 Å².